The largest absolute Gasteiger partial charge is 0.467 e. The summed E-state index contributed by atoms with van der Waals surface area (Å²) in [6.45, 7) is 42.3. The molecule has 368 valence electrons. The lowest BCUT2D eigenvalue weighted by Crippen LogP contribution is -2.52. The van der Waals surface area contributed by atoms with Crippen molar-refractivity contribution in [3.05, 3.63) is 46.0 Å². The number of carbonyl (C=O) groups excluding carboxylic acids is 2. The fraction of sp³-hybridized carbons (Fsp3) is 0.720. The normalized spacial score (nSPS) is 16.9. The van der Waals surface area contributed by atoms with Gasteiger partial charge in [0, 0.05) is 65.8 Å². The fourth-order valence-corrected chi connectivity index (χ4v) is 22.9. The van der Waals surface area contributed by atoms with Gasteiger partial charge in [0.2, 0.25) is 14.1 Å². The number of carbonyl (C=O) groups is 2. The highest BCUT2D eigenvalue weighted by atomic mass is 28.4. The van der Waals surface area contributed by atoms with Crippen molar-refractivity contribution in [1.29, 1.82) is 0 Å². The molecule has 0 spiro atoms. The molecule has 0 amide bonds. The summed E-state index contributed by atoms with van der Waals surface area (Å²) in [6, 6.07) is 6.91. The first-order valence-electron chi connectivity index (χ1n) is 24.2. The topological polar surface area (TPSA) is 117 Å². The Hall–Kier alpha value is -2.35. The summed E-state index contributed by atoms with van der Waals surface area (Å²) in [7, 11) is -5.93. The number of ether oxygens (including phenoxy) is 7. The molecule has 2 atom stereocenters. The number of methoxy groups -OCH3 is 1. The Bertz CT molecular complexity index is 1870. The molecule has 0 unspecified atom stereocenters. The van der Waals surface area contributed by atoms with Crippen LogP contribution in [0.4, 0.5) is 0 Å². The predicted molar refractivity (Wildman–Crippen MR) is 272 cm³/mol. The molecule has 15 heteroatoms. The van der Waals surface area contributed by atoms with E-state index in [1.807, 2.05) is 0 Å². The van der Waals surface area contributed by atoms with Crippen molar-refractivity contribution in [2.24, 2.45) is 0 Å². The van der Waals surface area contributed by atoms with Crippen LogP contribution in [-0.2, 0) is 23.1 Å². The number of hydrogen-bond donors (Lipinski definition) is 0. The summed E-state index contributed by atoms with van der Waals surface area (Å²) >= 11 is 0. The summed E-state index contributed by atoms with van der Waals surface area (Å²) in [5, 5.41) is 0. The van der Waals surface area contributed by atoms with E-state index in [9.17, 15) is 4.79 Å². The summed E-state index contributed by atoms with van der Waals surface area (Å²) < 4.78 is 57.8. The predicted octanol–water partition coefficient (Wildman–Crippen LogP) is 13.4. The number of rotatable bonds is 27. The molecule has 2 aromatic rings. The van der Waals surface area contributed by atoms with Gasteiger partial charge in [0.1, 0.15) is 23.0 Å². The molecule has 11 nitrogen and oxygen atoms in total. The Kier molecular flexibility index (Phi) is 19.4. The molecule has 1 aliphatic heterocycles. The summed E-state index contributed by atoms with van der Waals surface area (Å²) in [5.74, 6) is 0.110. The van der Waals surface area contributed by atoms with Gasteiger partial charge in [-0.2, -0.15) is 0 Å². The van der Waals surface area contributed by atoms with E-state index in [-0.39, 0.29) is 82.5 Å². The summed E-state index contributed by atoms with van der Waals surface area (Å²) in [4.78, 5) is 30.3. The highest BCUT2D eigenvalue weighted by Gasteiger charge is 2.52. The van der Waals surface area contributed by atoms with Crippen LogP contribution in [0.15, 0.2) is 18.2 Å². The fourth-order valence-electron chi connectivity index (χ4n) is 10.5. The van der Waals surface area contributed by atoms with Crippen LogP contribution < -0.4 is 18.9 Å². The van der Waals surface area contributed by atoms with Gasteiger partial charge in [0.15, 0.2) is 40.8 Å². The summed E-state index contributed by atoms with van der Waals surface area (Å²) in [6.07, 6.45) is -0.141. The molecular weight excluding hydrogens is 889 g/mol. The van der Waals surface area contributed by atoms with E-state index in [2.05, 4.69) is 122 Å². The van der Waals surface area contributed by atoms with Gasteiger partial charge < -0.3 is 42.0 Å². The van der Waals surface area contributed by atoms with E-state index < -0.39 is 44.9 Å². The number of hydrogen-bond acceptors (Lipinski definition) is 11. The van der Waals surface area contributed by atoms with Crippen LogP contribution in [0.1, 0.15) is 133 Å². The van der Waals surface area contributed by atoms with Gasteiger partial charge in [-0.05, 0) is 63.9 Å². The number of benzene rings is 2. The summed E-state index contributed by atoms with van der Waals surface area (Å²) in [5.41, 5.74) is 3.35. The third kappa shape index (κ3) is 12.7. The number of ketones is 2. The second-order valence-electron chi connectivity index (χ2n) is 22.5. The molecule has 0 bridgehead atoms. The molecule has 1 aliphatic carbocycles. The molecule has 0 N–H and O–H groups in total. The molecule has 2 aliphatic rings. The lowest BCUT2D eigenvalue weighted by Gasteiger charge is -2.45. The second-order valence-corrected chi connectivity index (χ2v) is 44.6. The highest BCUT2D eigenvalue weighted by molar-refractivity contribution is 6.78. The van der Waals surface area contributed by atoms with Crippen molar-refractivity contribution in [2.75, 3.05) is 47.3 Å². The average Bonchev–Trinajstić information content (AvgIpc) is 3.53. The van der Waals surface area contributed by atoms with E-state index in [1.165, 1.54) is 7.11 Å². The zero-order valence-corrected chi connectivity index (χ0v) is 47.7. The Balaban J connectivity index is 1.90. The molecule has 1 heterocycles. The maximum atomic E-state index is 15.3. The molecule has 0 aromatic heterocycles. The lowest BCUT2D eigenvalue weighted by atomic mass is 9.80. The highest BCUT2D eigenvalue weighted by Crippen LogP contribution is 2.54. The molecule has 2 aromatic carbocycles. The Morgan fingerprint density at radius 3 is 1.58 bits per heavy atom. The molecule has 65 heavy (non-hydrogen) atoms. The first-order chi connectivity index (χ1) is 30.2. The van der Waals surface area contributed by atoms with E-state index in [1.54, 1.807) is 18.2 Å². The van der Waals surface area contributed by atoms with Crippen LogP contribution in [0.25, 0.3) is 0 Å². The smallest absolute Gasteiger partial charge is 0.205 e. The van der Waals surface area contributed by atoms with Crippen LogP contribution in [0.5, 0.6) is 23.0 Å². The Morgan fingerprint density at radius 1 is 0.585 bits per heavy atom. The molecule has 0 saturated heterocycles. The van der Waals surface area contributed by atoms with E-state index in [0.717, 1.165) is 12.1 Å². The first-order valence-corrected chi connectivity index (χ1v) is 35.9. The van der Waals surface area contributed by atoms with Gasteiger partial charge in [-0.1, -0.05) is 122 Å². The third-order valence-corrected chi connectivity index (χ3v) is 29.3. The van der Waals surface area contributed by atoms with Crippen LogP contribution in [0.2, 0.25) is 84.6 Å². The van der Waals surface area contributed by atoms with Gasteiger partial charge in [-0.25, -0.2) is 0 Å². The lowest BCUT2D eigenvalue weighted by molar-refractivity contribution is -0.0150. The molecule has 0 fully saturated rings. The van der Waals surface area contributed by atoms with Gasteiger partial charge >= 0.3 is 0 Å². The zero-order valence-electron chi connectivity index (χ0n) is 43.7. The maximum Gasteiger partial charge on any atom is 0.205 e. The van der Waals surface area contributed by atoms with Crippen LogP contribution in [0.3, 0.4) is 0 Å². The third-order valence-electron chi connectivity index (χ3n) is 13.7. The van der Waals surface area contributed by atoms with Gasteiger partial charge in [-0.3, -0.25) is 9.59 Å². The Morgan fingerprint density at radius 2 is 1.09 bits per heavy atom. The van der Waals surface area contributed by atoms with Crippen LogP contribution >= 0.6 is 0 Å². The Labute approximate surface area is 396 Å². The minimum atomic E-state index is -2.53. The van der Waals surface area contributed by atoms with Crippen molar-refractivity contribution < 1.29 is 51.6 Å². The second kappa shape index (κ2) is 22.8. The standard InChI is InChI=1S/C50H86O11Si4/c1-32(2)64(33(3)4,34(5)6)59-21-20-39-45-43(60-50(39)61-65(35(7)8,36(9)10)37(11)12)28-41-46(49(45)58-29-53-13)48(52)44-40(47(41)51)26-38(56-30-54-22-24-62(14,15)16)27-42(44)57-31-55-23-25-63(17,18)19/h26-28,32-37,39,50H,20-25,29-31H2,1-19H3/t39-,50+/m0/s1. The van der Waals surface area contributed by atoms with Gasteiger partial charge in [0.25, 0.3) is 0 Å². The molecule has 0 radical (unpaired) electrons. The van der Waals surface area contributed by atoms with Gasteiger partial charge in [0.05, 0.1) is 17.0 Å². The zero-order chi connectivity index (χ0) is 48.8. The first kappa shape index (κ1) is 55.2. The maximum absolute atomic E-state index is 15.3. The minimum Gasteiger partial charge on any atom is -0.467 e. The van der Waals surface area contributed by atoms with E-state index >= 15 is 4.79 Å². The quantitative estimate of drug-likeness (QED) is 0.0413. The average molecular weight is 976 g/mol. The van der Waals surface area contributed by atoms with Crippen molar-refractivity contribution in [2.45, 2.75) is 186 Å². The van der Waals surface area contributed by atoms with E-state index in [4.69, 9.17) is 42.0 Å². The number of fused-ring (bicyclic) bond motifs is 3. The molecule has 0 saturated carbocycles. The van der Waals surface area contributed by atoms with Gasteiger partial charge in [-0.15, -0.1) is 0 Å². The van der Waals surface area contributed by atoms with Crippen molar-refractivity contribution in [1.82, 2.24) is 0 Å². The molecule has 4 rings (SSSR count). The van der Waals surface area contributed by atoms with Crippen molar-refractivity contribution in [3.8, 4) is 23.0 Å². The minimum absolute atomic E-state index is 0.0139. The van der Waals surface area contributed by atoms with Crippen LogP contribution in [-0.4, -0.2) is 97.9 Å². The molecular formula is C50H86O11Si4. The monoisotopic (exact) mass is 975 g/mol. The van der Waals surface area contributed by atoms with Crippen LogP contribution in [0, 0.1) is 0 Å². The van der Waals surface area contributed by atoms with Crippen molar-refractivity contribution in [3.63, 3.8) is 0 Å². The SMILES string of the molecule is COCOc1c2c(cc3c1[C@H](CCO[Si](C(C)C)(C(C)C)C(C)C)[C@@H](O[Si](C(C)C)(C(C)C)C(C)C)O3)C(=O)c1cc(OCOCC[Si](C)(C)C)cc(OCOCC[Si](C)(C)C)c1C2=O. The van der Waals surface area contributed by atoms with Crippen molar-refractivity contribution >= 4 is 44.3 Å². The van der Waals surface area contributed by atoms with E-state index in [0.29, 0.717) is 59.9 Å².